The highest BCUT2D eigenvalue weighted by molar-refractivity contribution is 5.82. The van der Waals surface area contributed by atoms with Gasteiger partial charge in [0.25, 0.3) is 0 Å². The van der Waals surface area contributed by atoms with Gasteiger partial charge in [0.2, 0.25) is 5.91 Å². The molecule has 2 fully saturated rings. The van der Waals surface area contributed by atoms with Crippen LogP contribution in [0.2, 0.25) is 0 Å². The minimum absolute atomic E-state index is 0.0528. The lowest BCUT2D eigenvalue weighted by Crippen LogP contribution is -2.48. The zero-order chi connectivity index (χ0) is 16.0. The first-order valence-corrected chi connectivity index (χ1v) is 8.74. The molecule has 0 bridgehead atoms. The quantitative estimate of drug-likeness (QED) is 0.912. The van der Waals surface area contributed by atoms with Gasteiger partial charge in [-0.15, -0.1) is 0 Å². The summed E-state index contributed by atoms with van der Waals surface area (Å²) in [6, 6.07) is 6.35. The largest absolute Gasteiger partial charge is 0.487 e. The average molecular weight is 315 g/mol. The molecule has 124 valence electrons. The first kappa shape index (κ1) is 15.0. The SMILES string of the molecule is Cc1ccc2c(c1)[C@H](NC(=O)[C@@H]1C[C@@H]1C)CC1(CCOCC1)O2. The monoisotopic (exact) mass is 315 g/mol. The van der Waals surface area contributed by atoms with Crippen molar-refractivity contribution in [3.63, 3.8) is 0 Å². The normalized spacial score (nSPS) is 31.1. The van der Waals surface area contributed by atoms with Crippen LogP contribution in [0.25, 0.3) is 0 Å². The second-order valence-electron chi connectivity index (χ2n) is 7.52. The van der Waals surface area contributed by atoms with Crippen LogP contribution < -0.4 is 10.1 Å². The maximum Gasteiger partial charge on any atom is 0.223 e. The van der Waals surface area contributed by atoms with Crippen LogP contribution in [0.5, 0.6) is 5.75 Å². The van der Waals surface area contributed by atoms with E-state index in [1.54, 1.807) is 0 Å². The Morgan fingerprint density at radius 1 is 1.30 bits per heavy atom. The summed E-state index contributed by atoms with van der Waals surface area (Å²) in [6.45, 7) is 5.70. The summed E-state index contributed by atoms with van der Waals surface area (Å²) in [7, 11) is 0. The van der Waals surface area contributed by atoms with Crippen LogP contribution in [0.1, 0.15) is 49.8 Å². The number of carbonyl (C=O) groups is 1. The lowest BCUT2D eigenvalue weighted by atomic mass is 9.81. The molecule has 23 heavy (non-hydrogen) atoms. The number of ether oxygens (including phenoxy) is 2. The number of fused-ring (bicyclic) bond motifs is 1. The fraction of sp³-hybridized carbons (Fsp3) is 0.632. The van der Waals surface area contributed by atoms with E-state index in [0.29, 0.717) is 5.92 Å². The molecule has 1 N–H and O–H groups in total. The molecule has 4 rings (SSSR count). The highest BCUT2D eigenvalue weighted by Crippen LogP contribution is 2.45. The number of hydrogen-bond acceptors (Lipinski definition) is 3. The Morgan fingerprint density at radius 2 is 2.04 bits per heavy atom. The van der Waals surface area contributed by atoms with E-state index in [9.17, 15) is 4.79 Å². The number of hydrogen-bond donors (Lipinski definition) is 1. The molecular formula is C19H25NO3. The molecule has 1 aromatic carbocycles. The van der Waals surface area contributed by atoms with Crippen molar-refractivity contribution in [1.82, 2.24) is 5.32 Å². The van der Waals surface area contributed by atoms with E-state index in [4.69, 9.17) is 9.47 Å². The minimum atomic E-state index is -0.187. The number of carbonyl (C=O) groups excluding carboxylic acids is 1. The van der Waals surface area contributed by atoms with Gasteiger partial charge in [-0.05, 0) is 25.3 Å². The zero-order valence-corrected chi connectivity index (χ0v) is 13.9. The Morgan fingerprint density at radius 3 is 2.74 bits per heavy atom. The van der Waals surface area contributed by atoms with Crippen molar-refractivity contribution in [1.29, 1.82) is 0 Å². The summed E-state index contributed by atoms with van der Waals surface area (Å²) in [5.74, 6) is 1.87. The third-order valence-corrected chi connectivity index (χ3v) is 5.61. The lowest BCUT2D eigenvalue weighted by molar-refractivity contribution is -0.124. The van der Waals surface area contributed by atoms with E-state index in [-0.39, 0.29) is 23.5 Å². The van der Waals surface area contributed by atoms with Crippen molar-refractivity contribution in [3.05, 3.63) is 29.3 Å². The summed E-state index contributed by atoms with van der Waals surface area (Å²) in [4.78, 5) is 12.5. The fourth-order valence-electron chi connectivity index (χ4n) is 3.93. The molecule has 1 spiro atoms. The zero-order valence-electron chi connectivity index (χ0n) is 13.9. The smallest absolute Gasteiger partial charge is 0.223 e. The number of aryl methyl sites for hydroxylation is 1. The summed E-state index contributed by atoms with van der Waals surface area (Å²) in [5.41, 5.74) is 2.14. The topological polar surface area (TPSA) is 47.6 Å². The summed E-state index contributed by atoms with van der Waals surface area (Å²) >= 11 is 0. The van der Waals surface area contributed by atoms with E-state index >= 15 is 0 Å². The van der Waals surface area contributed by atoms with Crippen LogP contribution >= 0.6 is 0 Å². The third kappa shape index (κ3) is 2.85. The van der Waals surface area contributed by atoms with E-state index in [1.807, 2.05) is 0 Å². The number of rotatable bonds is 2. The molecule has 4 nitrogen and oxygen atoms in total. The Hall–Kier alpha value is -1.55. The first-order chi connectivity index (χ1) is 11.1. The van der Waals surface area contributed by atoms with Crippen molar-refractivity contribution in [3.8, 4) is 5.75 Å². The molecule has 2 heterocycles. The maximum atomic E-state index is 12.5. The first-order valence-electron chi connectivity index (χ1n) is 8.74. The molecule has 3 atom stereocenters. The van der Waals surface area contributed by atoms with Gasteiger partial charge in [-0.3, -0.25) is 4.79 Å². The third-order valence-electron chi connectivity index (χ3n) is 5.61. The number of nitrogens with one attached hydrogen (secondary N) is 1. The van der Waals surface area contributed by atoms with Gasteiger partial charge in [-0.25, -0.2) is 0 Å². The van der Waals surface area contributed by atoms with Gasteiger partial charge < -0.3 is 14.8 Å². The molecule has 1 saturated carbocycles. The van der Waals surface area contributed by atoms with E-state index in [0.717, 1.165) is 50.2 Å². The second kappa shape index (κ2) is 5.52. The van der Waals surface area contributed by atoms with Gasteiger partial charge in [0, 0.05) is 30.7 Å². The van der Waals surface area contributed by atoms with Crippen LogP contribution in [0.3, 0.4) is 0 Å². The van der Waals surface area contributed by atoms with Crippen molar-refractivity contribution in [2.75, 3.05) is 13.2 Å². The summed E-state index contributed by atoms with van der Waals surface area (Å²) in [6.07, 6.45) is 3.66. The Bertz CT molecular complexity index is 621. The lowest BCUT2D eigenvalue weighted by Gasteiger charge is -2.44. The van der Waals surface area contributed by atoms with Crippen molar-refractivity contribution in [2.45, 2.75) is 51.2 Å². The van der Waals surface area contributed by atoms with Crippen LogP contribution in [0, 0.1) is 18.8 Å². The van der Waals surface area contributed by atoms with Gasteiger partial charge >= 0.3 is 0 Å². The predicted octanol–water partition coefficient (Wildman–Crippen LogP) is 3.14. The van der Waals surface area contributed by atoms with E-state index in [2.05, 4.69) is 37.4 Å². The Labute approximate surface area is 137 Å². The van der Waals surface area contributed by atoms with E-state index in [1.165, 1.54) is 5.56 Å². The number of benzene rings is 1. The van der Waals surface area contributed by atoms with Crippen molar-refractivity contribution < 1.29 is 14.3 Å². The van der Waals surface area contributed by atoms with Gasteiger partial charge in [0.1, 0.15) is 11.4 Å². The molecule has 0 aromatic heterocycles. The van der Waals surface area contributed by atoms with Gasteiger partial charge in [-0.1, -0.05) is 24.6 Å². The maximum absolute atomic E-state index is 12.5. The van der Waals surface area contributed by atoms with Gasteiger partial charge in [0.05, 0.1) is 19.3 Å². The second-order valence-corrected chi connectivity index (χ2v) is 7.52. The van der Waals surface area contributed by atoms with Crippen molar-refractivity contribution >= 4 is 5.91 Å². The average Bonchev–Trinajstić information content (AvgIpc) is 3.26. The standard InChI is InChI=1S/C19H25NO3/c1-12-3-4-17-15(9-12)16(20-18(21)14-10-13(14)2)11-19(23-17)5-7-22-8-6-19/h3-4,9,13-14,16H,5-8,10-11H2,1-2H3,(H,20,21)/t13-,14+,16+/m0/s1. The number of amides is 1. The molecule has 1 aromatic rings. The Kier molecular flexibility index (Phi) is 3.60. The molecular weight excluding hydrogens is 290 g/mol. The molecule has 2 aliphatic heterocycles. The highest BCUT2D eigenvalue weighted by atomic mass is 16.5. The summed E-state index contributed by atoms with van der Waals surface area (Å²) in [5, 5.41) is 3.31. The van der Waals surface area contributed by atoms with Crippen LogP contribution in [-0.2, 0) is 9.53 Å². The Balaban J connectivity index is 1.62. The van der Waals surface area contributed by atoms with E-state index < -0.39 is 0 Å². The highest BCUT2D eigenvalue weighted by Gasteiger charge is 2.45. The molecule has 0 unspecified atom stereocenters. The summed E-state index contributed by atoms with van der Waals surface area (Å²) < 4.78 is 11.9. The van der Waals surface area contributed by atoms with Crippen molar-refractivity contribution in [2.24, 2.45) is 11.8 Å². The predicted molar refractivity (Wildman–Crippen MR) is 87.4 cm³/mol. The molecule has 0 radical (unpaired) electrons. The van der Waals surface area contributed by atoms with Crippen LogP contribution in [-0.4, -0.2) is 24.7 Å². The molecule has 1 aliphatic carbocycles. The fourth-order valence-corrected chi connectivity index (χ4v) is 3.93. The van der Waals surface area contributed by atoms with Gasteiger partial charge in [-0.2, -0.15) is 0 Å². The minimum Gasteiger partial charge on any atom is -0.487 e. The molecule has 3 aliphatic rings. The van der Waals surface area contributed by atoms with Gasteiger partial charge in [0.15, 0.2) is 0 Å². The molecule has 4 heteroatoms. The van der Waals surface area contributed by atoms with Crippen LogP contribution in [0.4, 0.5) is 0 Å². The molecule has 1 saturated heterocycles. The van der Waals surface area contributed by atoms with Crippen LogP contribution in [0.15, 0.2) is 18.2 Å². The molecule has 1 amide bonds.